The van der Waals surface area contributed by atoms with Crippen molar-refractivity contribution >= 4 is 5.78 Å². The number of hydrogen-bond donors (Lipinski definition) is 0. The Hall–Kier alpha value is -1.37. The number of hydrogen-bond acceptors (Lipinski definition) is 5. The van der Waals surface area contributed by atoms with E-state index in [4.69, 9.17) is 4.84 Å². The standard InChI is InChI=1S/C14H28N4O3/c1-6-17(14(3,4)5)18(20)15-21-13-7-9-16(10-8-13)11-12(2)19/h13H,6-11H2,1-5H3/b18-15-. The van der Waals surface area contributed by atoms with E-state index in [1.165, 1.54) is 0 Å². The van der Waals surface area contributed by atoms with Crippen LogP contribution in [0, 0.1) is 5.21 Å². The lowest BCUT2D eigenvalue weighted by atomic mass is 10.1. The predicted octanol–water partition coefficient (Wildman–Crippen LogP) is 1.97. The molecule has 0 N–H and O–H groups in total. The minimum Gasteiger partial charge on any atom is -0.569 e. The fourth-order valence-corrected chi connectivity index (χ4v) is 2.49. The molecule has 0 unspecified atom stereocenters. The van der Waals surface area contributed by atoms with Crippen LogP contribution in [0.15, 0.2) is 5.28 Å². The zero-order chi connectivity index (χ0) is 16.0. The molecule has 0 bridgehead atoms. The minimum atomic E-state index is -0.297. The second-order valence-electron chi connectivity index (χ2n) is 6.50. The van der Waals surface area contributed by atoms with Gasteiger partial charge in [-0.1, -0.05) is 0 Å². The molecule has 0 amide bonds. The Morgan fingerprint density at radius 2 is 2.00 bits per heavy atom. The van der Waals surface area contributed by atoms with Crippen LogP contribution in [0.3, 0.4) is 0 Å². The van der Waals surface area contributed by atoms with Crippen LogP contribution in [-0.2, 0) is 9.63 Å². The molecule has 1 saturated heterocycles. The van der Waals surface area contributed by atoms with E-state index in [9.17, 15) is 10.0 Å². The zero-order valence-corrected chi connectivity index (χ0v) is 13.8. The number of hydrazine groups is 1. The molecule has 0 spiro atoms. The molecule has 1 aliphatic rings. The Labute approximate surface area is 127 Å². The SMILES string of the molecule is CCN(/[N+]([O-])=N/OC1CCN(CC(C)=O)CC1)C(C)(C)C. The third-order valence-corrected chi connectivity index (χ3v) is 3.53. The average molecular weight is 300 g/mol. The molecule has 0 aromatic rings. The molecular formula is C14H28N4O3. The first kappa shape index (κ1) is 17.7. The van der Waals surface area contributed by atoms with Crippen molar-refractivity contribution in [1.82, 2.24) is 9.91 Å². The normalized spacial score (nSPS) is 18.6. The van der Waals surface area contributed by atoms with Crippen LogP contribution in [0.1, 0.15) is 47.5 Å². The Morgan fingerprint density at radius 1 is 1.43 bits per heavy atom. The van der Waals surface area contributed by atoms with Crippen molar-refractivity contribution in [2.24, 2.45) is 5.28 Å². The summed E-state index contributed by atoms with van der Waals surface area (Å²) in [6.45, 7) is 12.0. The number of nitrogens with zero attached hydrogens (tertiary/aromatic N) is 4. The highest BCUT2D eigenvalue weighted by Crippen LogP contribution is 2.16. The van der Waals surface area contributed by atoms with Gasteiger partial charge in [-0.15, -0.1) is 5.01 Å². The molecule has 1 rings (SSSR count). The van der Waals surface area contributed by atoms with Gasteiger partial charge in [0, 0.05) is 13.1 Å². The van der Waals surface area contributed by atoms with Crippen molar-refractivity contribution in [2.45, 2.75) is 59.1 Å². The monoisotopic (exact) mass is 300 g/mol. The largest absolute Gasteiger partial charge is 0.569 e. The van der Waals surface area contributed by atoms with E-state index in [1.807, 2.05) is 27.7 Å². The Morgan fingerprint density at radius 3 is 2.43 bits per heavy atom. The molecule has 1 heterocycles. The van der Waals surface area contributed by atoms with Gasteiger partial charge in [0.05, 0.1) is 23.6 Å². The number of Topliss-reactive ketones (excluding diaryl/α,β-unsaturated/α-hetero) is 1. The highest BCUT2D eigenvalue weighted by atomic mass is 16.7. The molecule has 21 heavy (non-hydrogen) atoms. The average Bonchev–Trinajstić information content (AvgIpc) is 2.36. The molecule has 0 saturated carbocycles. The second-order valence-corrected chi connectivity index (χ2v) is 6.50. The van der Waals surface area contributed by atoms with Crippen molar-refractivity contribution in [1.29, 1.82) is 0 Å². The summed E-state index contributed by atoms with van der Waals surface area (Å²) in [7, 11) is 0. The number of likely N-dealkylation sites (tertiary alicyclic amines) is 1. The molecule has 0 atom stereocenters. The summed E-state index contributed by atoms with van der Waals surface area (Å²) < 4.78 is 0. The fourth-order valence-electron chi connectivity index (χ4n) is 2.49. The maximum Gasteiger partial charge on any atom is 0.233 e. The van der Waals surface area contributed by atoms with Crippen LogP contribution in [0.4, 0.5) is 0 Å². The summed E-state index contributed by atoms with van der Waals surface area (Å²) in [5, 5.41) is 17.3. The lowest BCUT2D eigenvalue weighted by Crippen LogP contribution is -2.45. The van der Waals surface area contributed by atoms with Gasteiger partial charge in [0.2, 0.25) is 5.28 Å². The van der Waals surface area contributed by atoms with Crippen LogP contribution in [0.2, 0.25) is 0 Å². The van der Waals surface area contributed by atoms with Crippen LogP contribution in [0.5, 0.6) is 0 Å². The lowest BCUT2D eigenvalue weighted by molar-refractivity contribution is -0.725. The second kappa shape index (κ2) is 7.59. The Bertz CT molecular complexity index is 371. The summed E-state index contributed by atoms with van der Waals surface area (Å²) in [6, 6.07) is 0. The minimum absolute atomic E-state index is 0.0525. The molecular weight excluding hydrogens is 272 g/mol. The van der Waals surface area contributed by atoms with Crippen LogP contribution < -0.4 is 0 Å². The quantitative estimate of drug-likeness (QED) is 0.426. The van der Waals surface area contributed by atoms with Crippen molar-refractivity contribution < 1.29 is 14.6 Å². The van der Waals surface area contributed by atoms with Crippen LogP contribution >= 0.6 is 0 Å². The number of ketones is 1. The molecule has 0 radical (unpaired) electrons. The first-order chi connectivity index (χ1) is 9.74. The fraction of sp³-hybridized carbons (Fsp3) is 0.929. The summed E-state index contributed by atoms with van der Waals surface area (Å²) >= 11 is 0. The van der Waals surface area contributed by atoms with Gasteiger partial charge >= 0.3 is 0 Å². The Kier molecular flexibility index (Phi) is 6.39. The maximum atomic E-state index is 12.0. The molecule has 122 valence electrons. The van der Waals surface area contributed by atoms with Crippen molar-refractivity contribution in [2.75, 3.05) is 26.2 Å². The van der Waals surface area contributed by atoms with Crippen molar-refractivity contribution in [3.63, 3.8) is 0 Å². The van der Waals surface area contributed by atoms with Gasteiger partial charge in [0.1, 0.15) is 11.9 Å². The first-order valence-corrected chi connectivity index (χ1v) is 7.57. The maximum absolute atomic E-state index is 12.0. The molecule has 0 aromatic carbocycles. The Balaban J connectivity index is 2.45. The van der Waals surface area contributed by atoms with Gasteiger partial charge in [0.15, 0.2) is 0 Å². The van der Waals surface area contributed by atoms with Gasteiger partial charge in [-0.05, 0) is 47.5 Å². The van der Waals surface area contributed by atoms with Gasteiger partial charge in [-0.2, -0.15) is 0 Å². The van der Waals surface area contributed by atoms with E-state index in [-0.39, 0.29) is 17.4 Å². The van der Waals surface area contributed by atoms with Crippen molar-refractivity contribution in [3.8, 4) is 0 Å². The summed E-state index contributed by atoms with van der Waals surface area (Å²) in [5.74, 6) is 0.175. The van der Waals surface area contributed by atoms with Crippen molar-refractivity contribution in [3.05, 3.63) is 5.21 Å². The number of carbonyl (C=O) groups excluding carboxylic acids is 1. The third-order valence-electron chi connectivity index (χ3n) is 3.53. The van der Waals surface area contributed by atoms with Gasteiger partial charge < -0.3 is 10.0 Å². The highest BCUT2D eigenvalue weighted by Gasteiger charge is 2.28. The third kappa shape index (κ3) is 5.87. The molecule has 1 fully saturated rings. The number of carbonyl (C=O) groups is 1. The van der Waals surface area contributed by atoms with Gasteiger partial charge in [-0.3, -0.25) is 9.69 Å². The number of piperidine rings is 1. The van der Waals surface area contributed by atoms with E-state index in [2.05, 4.69) is 10.2 Å². The summed E-state index contributed by atoms with van der Waals surface area (Å²) in [6.07, 6.45) is 1.52. The zero-order valence-electron chi connectivity index (χ0n) is 13.8. The van der Waals surface area contributed by atoms with Gasteiger partial charge in [-0.25, -0.2) is 0 Å². The van der Waals surface area contributed by atoms with E-state index < -0.39 is 0 Å². The number of rotatable bonds is 6. The van der Waals surface area contributed by atoms with E-state index in [1.54, 1.807) is 11.9 Å². The lowest BCUT2D eigenvalue weighted by Gasteiger charge is -2.31. The highest BCUT2D eigenvalue weighted by molar-refractivity contribution is 5.77. The predicted molar refractivity (Wildman–Crippen MR) is 79.4 cm³/mol. The first-order valence-electron chi connectivity index (χ1n) is 7.57. The summed E-state index contributed by atoms with van der Waals surface area (Å²) in [4.78, 5) is 19.1. The van der Waals surface area contributed by atoms with E-state index in [0.29, 0.717) is 18.1 Å². The van der Waals surface area contributed by atoms with Gasteiger partial charge in [0.25, 0.3) is 0 Å². The molecule has 1 aliphatic heterocycles. The molecule has 7 heteroatoms. The summed E-state index contributed by atoms with van der Waals surface area (Å²) in [5.41, 5.74) is -0.297. The molecule has 0 aliphatic carbocycles. The van der Waals surface area contributed by atoms with E-state index in [0.717, 1.165) is 25.9 Å². The topological polar surface area (TPSA) is 71.2 Å². The van der Waals surface area contributed by atoms with Crippen LogP contribution in [-0.4, -0.2) is 58.5 Å². The van der Waals surface area contributed by atoms with Crippen LogP contribution in [0.25, 0.3) is 0 Å². The smallest absolute Gasteiger partial charge is 0.233 e. The molecule has 0 aromatic heterocycles. The van der Waals surface area contributed by atoms with E-state index >= 15 is 0 Å². The molecule has 7 nitrogen and oxygen atoms in total.